The van der Waals surface area contributed by atoms with Gasteiger partial charge in [-0.05, 0) is 32.1 Å². The molecule has 0 aliphatic rings. The number of halogens is 1. The Hall–Kier alpha value is -1.68. The Morgan fingerprint density at radius 2 is 2.18 bits per heavy atom. The molecule has 0 saturated heterocycles. The summed E-state index contributed by atoms with van der Waals surface area (Å²) in [6.45, 7) is 4.09. The fraction of sp³-hybridized carbons (Fsp3) is 0.250. The Bertz CT molecular complexity index is 465. The number of hydrogen-bond donors (Lipinski definition) is 2. The summed E-state index contributed by atoms with van der Waals surface area (Å²) >= 11 is 5.92. The highest BCUT2D eigenvalue weighted by molar-refractivity contribution is 6.35. The van der Waals surface area contributed by atoms with Crippen molar-refractivity contribution in [1.29, 1.82) is 0 Å². The molecule has 5 heteroatoms. The first-order chi connectivity index (χ1) is 7.93. The third-order valence-corrected chi connectivity index (χ3v) is 2.47. The Labute approximate surface area is 105 Å². The number of ether oxygens (including phenoxy) is 1. The van der Waals surface area contributed by atoms with Gasteiger partial charge < -0.3 is 15.6 Å². The van der Waals surface area contributed by atoms with Gasteiger partial charge in [0.05, 0.1) is 5.69 Å². The van der Waals surface area contributed by atoms with Crippen molar-refractivity contribution in [2.75, 3.05) is 12.3 Å². The lowest BCUT2D eigenvalue weighted by molar-refractivity contribution is 0.0693. The van der Waals surface area contributed by atoms with Crippen molar-refractivity contribution < 1.29 is 14.6 Å². The van der Waals surface area contributed by atoms with Crippen LogP contribution in [0, 0.1) is 0 Å². The minimum absolute atomic E-state index is 0.00589. The van der Waals surface area contributed by atoms with Crippen molar-refractivity contribution in [3.63, 3.8) is 0 Å². The lowest BCUT2D eigenvalue weighted by atomic mass is 10.2. The number of carboxylic acids is 1. The van der Waals surface area contributed by atoms with Crippen molar-refractivity contribution in [1.82, 2.24) is 0 Å². The first-order valence-corrected chi connectivity index (χ1v) is 5.38. The third kappa shape index (κ3) is 3.39. The molecule has 0 saturated carbocycles. The summed E-state index contributed by atoms with van der Waals surface area (Å²) in [4.78, 5) is 11.0. The Morgan fingerprint density at radius 1 is 1.53 bits per heavy atom. The molecule has 0 heterocycles. The summed E-state index contributed by atoms with van der Waals surface area (Å²) < 4.78 is 5.35. The standard InChI is InChI=1S/C12H14ClNO3/c1-7(2)5-6-17-11-8(12(15)16)3-4-9(14)10(11)13/h3-5H,6,14H2,1-2H3,(H,15,16). The van der Waals surface area contributed by atoms with Gasteiger partial charge in [-0.3, -0.25) is 0 Å². The van der Waals surface area contributed by atoms with E-state index in [9.17, 15) is 4.79 Å². The van der Waals surface area contributed by atoms with Gasteiger partial charge in [0.2, 0.25) is 0 Å². The van der Waals surface area contributed by atoms with Crippen molar-refractivity contribution in [2.24, 2.45) is 0 Å². The quantitative estimate of drug-likeness (QED) is 0.641. The number of anilines is 1. The van der Waals surface area contributed by atoms with Crippen molar-refractivity contribution in [2.45, 2.75) is 13.8 Å². The minimum atomic E-state index is -1.10. The van der Waals surface area contributed by atoms with Gasteiger partial charge in [-0.2, -0.15) is 0 Å². The predicted octanol–water partition coefficient (Wildman–Crippen LogP) is 2.97. The van der Waals surface area contributed by atoms with Crippen LogP contribution in [0.25, 0.3) is 0 Å². The SMILES string of the molecule is CC(C)=CCOc1c(C(=O)O)ccc(N)c1Cl. The fourth-order valence-electron chi connectivity index (χ4n) is 1.17. The summed E-state index contributed by atoms with van der Waals surface area (Å²) in [7, 11) is 0. The number of allylic oxidation sites excluding steroid dienone is 1. The molecule has 0 fully saturated rings. The molecule has 1 aromatic rings. The topological polar surface area (TPSA) is 72.5 Å². The molecule has 92 valence electrons. The fourth-order valence-corrected chi connectivity index (χ4v) is 1.39. The van der Waals surface area contributed by atoms with E-state index in [4.69, 9.17) is 27.2 Å². The second kappa shape index (κ2) is 5.59. The average molecular weight is 256 g/mol. The van der Waals surface area contributed by atoms with E-state index in [1.54, 1.807) is 0 Å². The average Bonchev–Trinajstić information content (AvgIpc) is 2.23. The van der Waals surface area contributed by atoms with Crippen LogP contribution in [-0.4, -0.2) is 17.7 Å². The van der Waals surface area contributed by atoms with Crippen molar-refractivity contribution >= 4 is 23.3 Å². The zero-order chi connectivity index (χ0) is 13.0. The Kier molecular flexibility index (Phi) is 4.40. The molecule has 0 spiro atoms. The van der Waals surface area contributed by atoms with Gasteiger partial charge in [-0.15, -0.1) is 0 Å². The monoisotopic (exact) mass is 255 g/mol. The van der Waals surface area contributed by atoms with Crippen molar-refractivity contribution in [3.8, 4) is 5.75 Å². The van der Waals surface area contributed by atoms with E-state index in [-0.39, 0.29) is 22.9 Å². The van der Waals surface area contributed by atoms with E-state index in [0.717, 1.165) is 5.57 Å². The highest BCUT2D eigenvalue weighted by atomic mass is 35.5. The summed E-state index contributed by atoms with van der Waals surface area (Å²) in [6, 6.07) is 2.82. The number of nitrogens with two attached hydrogens (primary N) is 1. The maximum Gasteiger partial charge on any atom is 0.339 e. The molecule has 0 aromatic heterocycles. The molecule has 0 radical (unpaired) electrons. The normalized spacial score (nSPS) is 9.82. The maximum atomic E-state index is 11.0. The van der Waals surface area contributed by atoms with Gasteiger partial charge in [-0.1, -0.05) is 17.2 Å². The van der Waals surface area contributed by atoms with Crippen LogP contribution >= 0.6 is 11.6 Å². The van der Waals surface area contributed by atoms with E-state index >= 15 is 0 Å². The van der Waals surface area contributed by atoms with Crippen LogP contribution in [0.3, 0.4) is 0 Å². The van der Waals surface area contributed by atoms with Gasteiger partial charge in [0, 0.05) is 0 Å². The zero-order valence-corrected chi connectivity index (χ0v) is 10.4. The van der Waals surface area contributed by atoms with Gasteiger partial charge in [0.25, 0.3) is 0 Å². The summed E-state index contributed by atoms with van der Waals surface area (Å²) in [5.41, 5.74) is 6.97. The molecule has 17 heavy (non-hydrogen) atoms. The molecule has 0 aliphatic carbocycles. The van der Waals surface area contributed by atoms with Crippen LogP contribution in [0.15, 0.2) is 23.8 Å². The molecular formula is C12H14ClNO3. The number of aromatic carboxylic acids is 1. The Morgan fingerprint density at radius 3 is 2.71 bits per heavy atom. The van der Waals surface area contributed by atoms with Crippen LogP contribution < -0.4 is 10.5 Å². The van der Waals surface area contributed by atoms with Crippen molar-refractivity contribution in [3.05, 3.63) is 34.4 Å². The molecule has 0 aliphatic heterocycles. The molecule has 0 unspecified atom stereocenters. The van der Waals surface area contributed by atoms with E-state index < -0.39 is 5.97 Å². The van der Waals surface area contributed by atoms with Crippen LogP contribution in [0.5, 0.6) is 5.75 Å². The molecule has 0 bridgehead atoms. The predicted molar refractivity (Wildman–Crippen MR) is 67.7 cm³/mol. The van der Waals surface area contributed by atoms with Crippen LogP contribution in [-0.2, 0) is 0 Å². The van der Waals surface area contributed by atoms with E-state index in [1.807, 2.05) is 19.9 Å². The number of nitrogen functional groups attached to an aromatic ring is 1. The number of rotatable bonds is 4. The second-order valence-corrected chi connectivity index (χ2v) is 4.12. The summed E-state index contributed by atoms with van der Waals surface area (Å²) in [6.07, 6.45) is 1.82. The number of hydrogen-bond acceptors (Lipinski definition) is 3. The van der Waals surface area contributed by atoms with E-state index in [2.05, 4.69) is 0 Å². The highest BCUT2D eigenvalue weighted by Crippen LogP contribution is 2.34. The molecule has 0 atom stereocenters. The van der Waals surface area contributed by atoms with Crippen LogP contribution in [0.4, 0.5) is 5.69 Å². The van der Waals surface area contributed by atoms with Gasteiger partial charge >= 0.3 is 5.97 Å². The van der Waals surface area contributed by atoms with E-state index in [0.29, 0.717) is 5.69 Å². The van der Waals surface area contributed by atoms with Gasteiger partial charge in [-0.25, -0.2) is 4.79 Å². The summed E-state index contributed by atoms with van der Waals surface area (Å²) in [5, 5.41) is 9.13. The third-order valence-electron chi connectivity index (χ3n) is 2.08. The first-order valence-electron chi connectivity index (χ1n) is 5.01. The number of benzene rings is 1. The van der Waals surface area contributed by atoms with Gasteiger partial charge in [0.15, 0.2) is 5.75 Å². The summed E-state index contributed by atoms with van der Waals surface area (Å²) in [5.74, 6) is -0.990. The second-order valence-electron chi connectivity index (χ2n) is 3.74. The minimum Gasteiger partial charge on any atom is -0.487 e. The van der Waals surface area contributed by atoms with Crippen LogP contribution in [0.1, 0.15) is 24.2 Å². The molecule has 0 amide bonds. The largest absolute Gasteiger partial charge is 0.487 e. The maximum absolute atomic E-state index is 11.0. The lowest BCUT2D eigenvalue weighted by Gasteiger charge is -2.11. The Balaban J connectivity index is 3.06. The molecule has 3 N–H and O–H groups in total. The van der Waals surface area contributed by atoms with Gasteiger partial charge in [0.1, 0.15) is 17.2 Å². The molecule has 1 aromatic carbocycles. The highest BCUT2D eigenvalue weighted by Gasteiger charge is 2.16. The zero-order valence-electron chi connectivity index (χ0n) is 9.66. The van der Waals surface area contributed by atoms with E-state index in [1.165, 1.54) is 12.1 Å². The molecule has 4 nitrogen and oxygen atoms in total. The first kappa shape index (κ1) is 13.4. The molecular weight excluding hydrogens is 242 g/mol. The number of carboxylic acid groups (broad SMARTS) is 1. The van der Waals surface area contributed by atoms with Crippen LogP contribution in [0.2, 0.25) is 5.02 Å². The lowest BCUT2D eigenvalue weighted by Crippen LogP contribution is -2.05. The smallest absolute Gasteiger partial charge is 0.339 e. The number of carbonyl (C=O) groups is 1. The molecule has 1 rings (SSSR count).